The first-order valence-corrected chi connectivity index (χ1v) is 6.09. The molecule has 0 rings (SSSR count). The Balaban J connectivity index is 5.01. The molecule has 0 radical (unpaired) electrons. The van der Waals surface area contributed by atoms with E-state index < -0.39 is 0 Å². The SMILES string of the molecule is CC[C@H](C)N(CC)C(=NC=C(C)C)N(C)C. The van der Waals surface area contributed by atoms with Crippen LogP contribution in [0.4, 0.5) is 0 Å². The molecule has 0 unspecified atom stereocenters. The van der Waals surface area contributed by atoms with Gasteiger partial charge in [0.05, 0.1) is 0 Å². The van der Waals surface area contributed by atoms with E-state index in [1.54, 1.807) is 0 Å². The summed E-state index contributed by atoms with van der Waals surface area (Å²) in [6.07, 6.45) is 3.07. The molecule has 0 amide bonds. The van der Waals surface area contributed by atoms with Gasteiger partial charge in [-0.25, -0.2) is 4.99 Å². The van der Waals surface area contributed by atoms with Gasteiger partial charge in [0.25, 0.3) is 0 Å². The topological polar surface area (TPSA) is 18.8 Å². The number of guanidine groups is 1. The summed E-state index contributed by atoms with van der Waals surface area (Å²) < 4.78 is 0. The van der Waals surface area contributed by atoms with Gasteiger partial charge in [-0.3, -0.25) is 0 Å². The van der Waals surface area contributed by atoms with Crippen molar-refractivity contribution in [3.8, 4) is 0 Å². The molecule has 0 fully saturated rings. The lowest BCUT2D eigenvalue weighted by molar-refractivity contribution is 0.301. The van der Waals surface area contributed by atoms with Gasteiger partial charge in [-0.2, -0.15) is 0 Å². The number of rotatable bonds is 4. The van der Waals surface area contributed by atoms with Crippen molar-refractivity contribution in [2.75, 3.05) is 20.6 Å². The zero-order valence-corrected chi connectivity index (χ0v) is 11.9. The highest BCUT2D eigenvalue weighted by atomic mass is 15.4. The minimum absolute atomic E-state index is 0.525. The molecule has 0 aromatic rings. The van der Waals surface area contributed by atoms with Crippen molar-refractivity contribution in [1.29, 1.82) is 0 Å². The lowest BCUT2D eigenvalue weighted by Gasteiger charge is -2.33. The summed E-state index contributed by atoms with van der Waals surface area (Å²) in [6, 6.07) is 0.525. The molecule has 0 aromatic carbocycles. The van der Waals surface area contributed by atoms with Crippen molar-refractivity contribution in [3.63, 3.8) is 0 Å². The van der Waals surface area contributed by atoms with Gasteiger partial charge < -0.3 is 9.80 Å². The first-order chi connectivity index (χ1) is 7.43. The predicted molar refractivity (Wildman–Crippen MR) is 72.7 cm³/mol. The van der Waals surface area contributed by atoms with E-state index in [0.29, 0.717) is 6.04 Å². The van der Waals surface area contributed by atoms with Gasteiger partial charge in [0.15, 0.2) is 0 Å². The van der Waals surface area contributed by atoms with Crippen LogP contribution in [-0.2, 0) is 0 Å². The fourth-order valence-electron chi connectivity index (χ4n) is 1.50. The van der Waals surface area contributed by atoms with E-state index in [1.165, 1.54) is 5.57 Å². The Morgan fingerprint density at radius 1 is 1.25 bits per heavy atom. The zero-order valence-electron chi connectivity index (χ0n) is 11.9. The van der Waals surface area contributed by atoms with Crippen LogP contribution in [0.5, 0.6) is 0 Å². The molecule has 0 N–H and O–H groups in total. The van der Waals surface area contributed by atoms with Crippen LogP contribution in [-0.4, -0.2) is 42.4 Å². The summed E-state index contributed by atoms with van der Waals surface area (Å²) in [5.74, 6) is 1.04. The van der Waals surface area contributed by atoms with Crippen molar-refractivity contribution in [2.24, 2.45) is 4.99 Å². The molecule has 16 heavy (non-hydrogen) atoms. The van der Waals surface area contributed by atoms with Crippen LogP contribution < -0.4 is 0 Å². The second-order valence-corrected chi connectivity index (χ2v) is 4.57. The molecule has 0 saturated heterocycles. The van der Waals surface area contributed by atoms with Crippen LogP contribution in [0, 0.1) is 0 Å². The van der Waals surface area contributed by atoms with Gasteiger partial charge in [-0.15, -0.1) is 0 Å². The number of hydrogen-bond acceptors (Lipinski definition) is 1. The van der Waals surface area contributed by atoms with Crippen LogP contribution in [0.2, 0.25) is 0 Å². The highest BCUT2D eigenvalue weighted by Gasteiger charge is 2.16. The molecule has 0 bridgehead atoms. The first kappa shape index (κ1) is 15.0. The Morgan fingerprint density at radius 2 is 1.81 bits per heavy atom. The molecule has 0 aliphatic heterocycles. The van der Waals surface area contributed by atoms with E-state index in [0.717, 1.165) is 18.9 Å². The van der Waals surface area contributed by atoms with E-state index in [4.69, 9.17) is 0 Å². The second-order valence-electron chi connectivity index (χ2n) is 4.57. The van der Waals surface area contributed by atoms with Crippen molar-refractivity contribution < 1.29 is 0 Å². The van der Waals surface area contributed by atoms with E-state index in [9.17, 15) is 0 Å². The first-order valence-electron chi connectivity index (χ1n) is 6.09. The molecule has 3 nitrogen and oxygen atoms in total. The van der Waals surface area contributed by atoms with Crippen molar-refractivity contribution in [1.82, 2.24) is 9.80 Å². The maximum atomic E-state index is 4.57. The minimum Gasteiger partial charge on any atom is -0.349 e. The van der Waals surface area contributed by atoms with Gasteiger partial charge in [-0.05, 0) is 34.1 Å². The summed E-state index contributed by atoms with van der Waals surface area (Å²) in [7, 11) is 4.09. The number of allylic oxidation sites excluding steroid dienone is 1. The number of nitrogens with zero attached hydrogens (tertiary/aromatic N) is 3. The standard InChI is InChI=1S/C13H27N3/c1-8-12(5)16(9-2)13(15(6)7)14-10-11(3)4/h10,12H,8-9H2,1-7H3/t12-/m0/s1. The van der Waals surface area contributed by atoms with E-state index in [1.807, 2.05) is 20.3 Å². The average Bonchev–Trinajstić information content (AvgIpc) is 2.22. The maximum Gasteiger partial charge on any atom is 0.200 e. The van der Waals surface area contributed by atoms with Crippen molar-refractivity contribution in [2.45, 2.75) is 47.1 Å². The number of aliphatic imine (C=N–C) groups is 1. The smallest absolute Gasteiger partial charge is 0.200 e. The van der Waals surface area contributed by atoms with Crippen LogP contribution in [0.25, 0.3) is 0 Å². The summed E-state index contributed by atoms with van der Waals surface area (Å²) in [5.41, 5.74) is 1.22. The Bertz CT molecular complexity index is 250. The Labute approximate surface area is 101 Å². The summed E-state index contributed by atoms with van der Waals surface area (Å²) in [4.78, 5) is 8.98. The molecule has 1 atom stereocenters. The fraction of sp³-hybridized carbons (Fsp3) is 0.769. The lowest BCUT2D eigenvalue weighted by atomic mass is 10.2. The minimum atomic E-state index is 0.525. The predicted octanol–water partition coefficient (Wildman–Crippen LogP) is 2.95. The van der Waals surface area contributed by atoms with Crippen LogP contribution in [0.1, 0.15) is 41.0 Å². The van der Waals surface area contributed by atoms with Gasteiger partial charge >= 0.3 is 0 Å². The molecule has 0 aliphatic carbocycles. The lowest BCUT2D eigenvalue weighted by Crippen LogP contribution is -2.45. The Morgan fingerprint density at radius 3 is 2.12 bits per heavy atom. The molecule has 0 saturated carbocycles. The Hall–Kier alpha value is -0.990. The van der Waals surface area contributed by atoms with Gasteiger partial charge in [0.2, 0.25) is 5.96 Å². The van der Waals surface area contributed by atoms with E-state index in [2.05, 4.69) is 49.4 Å². The third kappa shape index (κ3) is 4.69. The number of hydrogen-bond donors (Lipinski definition) is 0. The van der Waals surface area contributed by atoms with Crippen LogP contribution in [0.3, 0.4) is 0 Å². The van der Waals surface area contributed by atoms with Crippen molar-refractivity contribution >= 4 is 5.96 Å². The molecule has 3 heteroatoms. The highest BCUT2D eigenvalue weighted by Crippen LogP contribution is 2.07. The third-order valence-electron chi connectivity index (χ3n) is 2.56. The largest absolute Gasteiger partial charge is 0.349 e. The molecule has 0 aromatic heterocycles. The summed E-state index contributed by atoms with van der Waals surface area (Å²) >= 11 is 0. The monoisotopic (exact) mass is 225 g/mol. The zero-order chi connectivity index (χ0) is 12.7. The second kappa shape index (κ2) is 7.31. The average molecular weight is 225 g/mol. The fourth-order valence-corrected chi connectivity index (χ4v) is 1.50. The van der Waals surface area contributed by atoms with Gasteiger partial charge in [0, 0.05) is 32.9 Å². The van der Waals surface area contributed by atoms with Gasteiger partial charge in [0.1, 0.15) is 0 Å². The molecular weight excluding hydrogens is 198 g/mol. The summed E-state index contributed by atoms with van der Waals surface area (Å²) in [5, 5.41) is 0. The van der Waals surface area contributed by atoms with Gasteiger partial charge in [-0.1, -0.05) is 12.5 Å². The Kier molecular flexibility index (Phi) is 6.86. The molecule has 0 spiro atoms. The molecule has 94 valence electrons. The molecular formula is C13H27N3. The highest BCUT2D eigenvalue weighted by molar-refractivity contribution is 5.80. The normalized spacial score (nSPS) is 13.3. The van der Waals surface area contributed by atoms with E-state index >= 15 is 0 Å². The third-order valence-corrected chi connectivity index (χ3v) is 2.56. The maximum absolute atomic E-state index is 4.57. The summed E-state index contributed by atoms with van der Waals surface area (Å²) in [6.45, 7) is 11.7. The quantitative estimate of drug-likeness (QED) is 0.541. The molecule has 0 heterocycles. The van der Waals surface area contributed by atoms with Crippen molar-refractivity contribution in [3.05, 3.63) is 11.8 Å². The van der Waals surface area contributed by atoms with Crippen LogP contribution in [0.15, 0.2) is 16.8 Å². The van der Waals surface area contributed by atoms with Crippen LogP contribution >= 0.6 is 0 Å². The van der Waals surface area contributed by atoms with E-state index in [-0.39, 0.29) is 0 Å². The molecule has 0 aliphatic rings.